The van der Waals surface area contributed by atoms with Crippen LogP contribution in [0.25, 0.3) is 0 Å². The number of rotatable bonds is 6. The Morgan fingerprint density at radius 1 is 0.735 bits per heavy atom. The Bertz CT molecular complexity index is 1120. The fourth-order valence-electron chi connectivity index (χ4n) is 5.23. The quantitative estimate of drug-likeness (QED) is 0.286. The van der Waals surface area contributed by atoms with E-state index in [2.05, 4.69) is 127 Å². The SMILES string of the molecule is COCN1c2ccc(Br)cc2B(c2c(C(C)C)cc(C(C)C)cc2C(C)C)c2cc(Br)ccc21. The van der Waals surface area contributed by atoms with E-state index in [0.717, 1.165) is 8.95 Å². The third-order valence-electron chi connectivity index (χ3n) is 6.91. The number of hydrogen-bond acceptors (Lipinski definition) is 2. The summed E-state index contributed by atoms with van der Waals surface area (Å²) < 4.78 is 7.87. The molecule has 0 radical (unpaired) electrons. The number of anilines is 2. The Balaban J connectivity index is 2.13. The van der Waals surface area contributed by atoms with Gasteiger partial charge in [0.15, 0.2) is 0 Å². The maximum Gasteiger partial charge on any atom is 0.247 e. The molecule has 0 saturated heterocycles. The fraction of sp³-hybridized carbons (Fsp3) is 0.379. The highest BCUT2D eigenvalue weighted by Crippen LogP contribution is 2.33. The lowest BCUT2D eigenvalue weighted by Gasteiger charge is -2.38. The summed E-state index contributed by atoms with van der Waals surface area (Å²) in [5.41, 5.74) is 10.9. The lowest BCUT2D eigenvalue weighted by Crippen LogP contribution is -2.60. The predicted molar refractivity (Wildman–Crippen MR) is 156 cm³/mol. The van der Waals surface area contributed by atoms with Crippen molar-refractivity contribution in [3.05, 3.63) is 74.2 Å². The molecule has 2 nitrogen and oxygen atoms in total. The highest BCUT2D eigenvalue weighted by Gasteiger charge is 2.38. The molecule has 34 heavy (non-hydrogen) atoms. The highest BCUT2D eigenvalue weighted by molar-refractivity contribution is 9.10. The van der Waals surface area contributed by atoms with Crippen molar-refractivity contribution in [2.45, 2.75) is 59.3 Å². The zero-order valence-electron chi connectivity index (χ0n) is 21.2. The molecule has 0 aliphatic carbocycles. The zero-order valence-corrected chi connectivity index (χ0v) is 24.4. The second-order valence-electron chi connectivity index (χ2n) is 10.3. The second kappa shape index (κ2) is 10.2. The van der Waals surface area contributed by atoms with Crippen LogP contribution in [0.4, 0.5) is 11.4 Å². The molecule has 178 valence electrons. The average Bonchev–Trinajstić information content (AvgIpc) is 2.78. The summed E-state index contributed by atoms with van der Waals surface area (Å²) in [6.45, 7) is 14.6. The summed E-state index contributed by atoms with van der Waals surface area (Å²) in [6.07, 6.45) is 0. The molecule has 0 N–H and O–H groups in total. The molecule has 3 aromatic rings. The minimum Gasteiger partial charge on any atom is -0.364 e. The molecule has 0 aromatic heterocycles. The molecule has 0 atom stereocenters. The minimum atomic E-state index is 0.143. The molecule has 0 saturated carbocycles. The van der Waals surface area contributed by atoms with Gasteiger partial charge in [0.05, 0.1) is 0 Å². The Labute approximate surface area is 222 Å². The van der Waals surface area contributed by atoms with E-state index in [4.69, 9.17) is 4.74 Å². The number of halogens is 2. The zero-order chi connectivity index (χ0) is 24.7. The van der Waals surface area contributed by atoms with Crippen molar-refractivity contribution in [3.8, 4) is 0 Å². The Morgan fingerprint density at radius 3 is 1.59 bits per heavy atom. The van der Waals surface area contributed by atoms with Crippen LogP contribution in [-0.4, -0.2) is 20.6 Å². The first-order valence-electron chi connectivity index (χ1n) is 12.2. The van der Waals surface area contributed by atoms with Gasteiger partial charge in [-0.2, -0.15) is 0 Å². The van der Waals surface area contributed by atoms with Crippen molar-refractivity contribution < 1.29 is 4.74 Å². The van der Waals surface area contributed by atoms with Crippen molar-refractivity contribution in [1.29, 1.82) is 0 Å². The van der Waals surface area contributed by atoms with E-state index in [1.807, 2.05) is 0 Å². The number of fused-ring (bicyclic) bond motifs is 2. The summed E-state index contributed by atoms with van der Waals surface area (Å²) in [5, 5.41) is 0. The van der Waals surface area contributed by atoms with Crippen LogP contribution < -0.4 is 21.3 Å². The third kappa shape index (κ3) is 4.64. The lowest BCUT2D eigenvalue weighted by atomic mass is 9.33. The molecule has 0 spiro atoms. The first kappa shape index (κ1) is 25.5. The van der Waals surface area contributed by atoms with Gasteiger partial charge in [-0.1, -0.05) is 103 Å². The van der Waals surface area contributed by atoms with Gasteiger partial charge in [0.2, 0.25) is 6.71 Å². The molecule has 1 heterocycles. The van der Waals surface area contributed by atoms with Gasteiger partial charge in [-0.05, 0) is 69.6 Å². The van der Waals surface area contributed by atoms with Crippen LogP contribution in [0.2, 0.25) is 0 Å². The van der Waals surface area contributed by atoms with E-state index >= 15 is 0 Å². The number of benzene rings is 3. The van der Waals surface area contributed by atoms with Gasteiger partial charge in [0.1, 0.15) is 6.73 Å². The number of nitrogens with zero attached hydrogens (tertiary/aromatic N) is 1. The molecule has 0 unspecified atom stereocenters. The standard InChI is InChI=1S/C29H34BBr2NO/c1-17(2)20-12-23(18(3)4)29(24(13-20)19(5)6)30-25-14-21(31)8-10-27(25)33(16-34-7)28-11-9-22(32)15-26(28)30/h8-15,17-19H,16H2,1-7H3. The predicted octanol–water partition coefficient (Wildman–Crippen LogP) is 7.15. The van der Waals surface area contributed by atoms with E-state index in [9.17, 15) is 0 Å². The van der Waals surface area contributed by atoms with E-state index in [0.29, 0.717) is 24.5 Å². The Hall–Kier alpha value is -1.56. The second-order valence-corrected chi connectivity index (χ2v) is 12.1. The maximum absolute atomic E-state index is 5.66. The van der Waals surface area contributed by atoms with Crippen LogP contribution in [0.1, 0.15) is 76.0 Å². The van der Waals surface area contributed by atoms with E-state index < -0.39 is 0 Å². The van der Waals surface area contributed by atoms with Gasteiger partial charge in [-0.15, -0.1) is 0 Å². The number of ether oxygens (including phenoxy) is 1. The first-order valence-corrected chi connectivity index (χ1v) is 13.8. The van der Waals surface area contributed by atoms with Gasteiger partial charge in [-0.25, -0.2) is 0 Å². The topological polar surface area (TPSA) is 12.5 Å². The maximum atomic E-state index is 5.66. The monoisotopic (exact) mass is 581 g/mol. The van der Waals surface area contributed by atoms with Crippen LogP contribution in [0.15, 0.2) is 57.5 Å². The van der Waals surface area contributed by atoms with Crippen LogP contribution in [0.3, 0.4) is 0 Å². The van der Waals surface area contributed by atoms with Gasteiger partial charge in [-0.3, -0.25) is 0 Å². The Kier molecular flexibility index (Phi) is 7.66. The van der Waals surface area contributed by atoms with Gasteiger partial charge in [0.25, 0.3) is 0 Å². The van der Waals surface area contributed by atoms with E-state index in [1.165, 1.54) is 44.5 Å². The van der Waals surface area contributed by atoms with Crippen LogP contribution in [0.5, 0.6) is 0 Å². The van der Waals surface area contributed by atoms with Gasteiger partial charge in [0, 0.05) is 27.4 Å². The Morgan fingerprint density at radius 2 is 1.21 bits per heavy atom. The molecule has 5 heteroatoms. The molecule has 4 rings (SSSR count). The summed E-state index contributed by atoms with van der Waals surface area (Å²) in [7, 11) is 1.77. The number of hydrogen-bond donors (Lipinski definition) is 0. The van der Waals surface area contributed by atoms with Crippen molar-refractivity contribution in [2.24, 2.45) is 0 Å². The molecule has 0 bridgehead atoms. The average molecular weight is 583 g/mol. The van der Waals surface area contributed by atoms with Crippen molar-refractivity contribution in [3.63, 3.8) is 0 Å². The smallest absolute Gasteiger partial charge is 0.247 e. The van der Waals surface area contributed by atoms with E-state index in [1.54, 1.807) is 7.11 Å². The number of methoxy groups -OCH3 is 1. The molecule has 0 fully saturated rings. The largest absolute Gasteiger partial charge is 0.364 e. The molecule has 3 aromatic carbocycles. The van der Waals surface area contributed by atoms with Crippen molar-refractivity contribution in [2.75, 3.05) is 18.7 Å². The summed E-state index contributed by atoms with van der Waals surface area (Å²) in [6, 6.07) is 18.3. The molecular formula is C29H34BBr2NO. The first-order chi connectivity index (χ1) is 16.1. The van der Waals surface area contributed by atoms with Gasteiger partial charge < -0.3 is 9.64 Å². The molecular weight excluding hydrogens is 549 g/mol. The summed E-state index contributed by atoms with van der Waals surface area (Å²) in [4.78, 5) is 2.30. The van der Waals surface area contributed by atoms with Crippen LogP contribution in [-0.2, 0) is 4.74 Å². The lowest BCUT2D eigenvalue weighted by molar-refractivity contribution is 0.206. The van der Waals surface area contributed by atoms with Crippen LogP contribution in [0, 0.1) is 0 Å². The van der Waals surface area contributed by atoms with Crippen molar-refractivity contribution >= 4 is 66.3 Å². The van der Waals surface area contributed by atoms with Crippen LogP contribution >= 0.6 is 31.9 Å². The molecule has 1 aliphatic rings. The normalized spacial score (nSPS) is 13.2. The highest BCUT2D eigenvalue weighted by atomic mass is 79.9. The van der Waals surface area contributed by atoms with Crippen molar-refractivity contribution in [1.82, 2.24) is 0 Å². The van der Waals surface area contributed by atoms with E-state index in [-0.39, 0.29) is 6.71 Å². The third-order valence-corrected chi connectivity index (χ3v) is 7.89. The summed E-state index contributed by atoms with van der Waals surface area (Å²) in [5.74, 6) is 1.35. The molecule has 0 amide bonds. The minimum absolute atomic E-state index is 0.143. The fourth-order valence-corrected chi connectivity index (χ4v) is 5.98. The van der Waals surface area contributed by atoms with Gasteiger partial charge >= 0.3 is 0 Å². The molecule has 1 aliphatic heterocycles. The summed E-state index contributed by atoms with van der Waals surface area (Å²) >= 11 is 7.54.